The maximum absolute atomic E-state index is 14.3. The van der Waals surface area contributed by atoms with Crippen LogP contribution in [0.2, 0.25) is 0 Å². The third kappa shape index (κ3) is 3.75. The molecule has 0 unspecified atom stereocenters. The van der Waals surface area contributed by atoms with Gasteiger partial charge in [0.15, 0.2) is 0 Å². The Hall–Kier alpha value is -2.49. The van der Waals surface area contributed by atoms with Gasteiger partial charge in [-0.1, -0.05) is 0 Å². The predicted octanol–water partition coefficient (Wildman–Crippen LogP) is 4.18. The minimum Gasteiger partial charge on any atom is -0.497 e. The highest BCUT2D eigenvalue weighted by Gasteiger charge is 2.04. The fourth-order valence-corrected chi connectivity index (χ4v) is 1.89. The summed E-state index contributed by atoms with van der Waals surface area (Å²) >= 11 is 0. The molecular weight excluding hydrogens is 271 g/mol. The maximum Gasteiger partial charge on any atom is 0.131 e. The van der Waals surface area contributed by atoms with Gasteiger partial charge in [0.2, 0.25) is 0 Å². The predicted molar refractivity (Wildman–Crippen MR) is 81.5 cm³/mol. The van der Waals surface area contributed by atoms with Gasteiger partial charge in [0, 0.05) is 11.6 Å². The Balaban J connectivity index is 2.32. The lowest BCUT2D eigenvalue weighted by Gasteiger charge is -2.06. The molecule has 0 amide bonds. The number of benzene rings is 2. The van der Waals surface area contributed by atoms with Crippen LogP contribution in [0.3, 0.4) is 0 Å². The SMILES string of the molecule is COc1ccc(/C(F)=C/c2cc(OC)cc(OC)c2)cc1. The van der Waals surface area contributed by atoms with Gasteiger partial charge >= 0.3 is 0 Å². The number of ether oxygens (including phenoxy) is 3. The molecular formula is C17H17FO3. The van der Waals surface area contributed by atoms with Crippen LogP contribution < -0.4 is 14.2 Å². The largest absolute Gasteiger partial charge is 0.497 e. The number of hydrogen-bond donors (Lipinski definition) is 0. The van der Waals surface area contributed by atoms with Crippen molar-refractivity contribution in [2.24, 2.45) is 0 Å². The lowest BCUT2D eigenvalue weighted by atomic mass is 10.1. The van der Waals surface area contributed by atoms with Crippen LogP contribution in [-0.4, -0.2) is 21.3 Å². The summed E-state index contributed by atoms with van der Waals surface area (Å²) in [4.78, 5) is 0. The average Bonchev–Trinajstić information content (AvgIpc) is 2.54. The summed E-state index contributed by atoms with van der Waals surface area (Å²) in [7, 11) is 4.69. The van der Waals surface area contributed by atoms with Gasteiger partial charge in [0.05, 0.1) is 21.3 Å². The summed E-state index contributed by atoms with van der Waals surface area (Å²) in [6.07, 6.45) is 1.44. The molecule has 0 aliphatic heterocycles. The van der Waals surface area contributed by atoms with Crippen LogP contribution in [0.1, 0.15) is 11.1 Å². The van der Waals surface area contributed by atoms with Gasteiger partial charge in [0.1, 0.15) is 23.1 Å². The molecule has 0 spiro atoms. The van der Waals surface area contributed by atoms with Crippen LogP contribution in [0, 0.1) is 0 Å². The topological polar surface area (TPSA) is 27.7 Å². The zero-order valence-electron chi connectivity index (χ0n) is 12.2. The number of rotatable bonds is 5. The number of methoxy groups -OCH3 is 3. The Bertz CT molecular complexity index is 611. The molecule has 3 nitrogen and oxygen atoms in total. The van der Waals surface area contributed by atoms with E-state index in [2.05, 4.69) is 0 Å². The minimum absolute atomic E-state index is 0.340. The Labute approximate surface area is 123 Å². The van der Waals surface area contributed by atoms with Crippen molar-refractivity contribution in [3.63, 3.8) is 0 Å². The van der Waals surface area contributed by atoms with Crippen molar-refractivity contribution in [3.8, 4) is 17.2 Å². The van der Waals surface area contributed by atoms with E-state index in [-0.39, 0.29) is 5.83 Å². The first kappa shape index (κ1) is 14.9. The highest BCUT2D eigenvalue weighted by Crippen LogP contribution is 2.27. The molecule has 4 heteroatoms. The summed E-state index contributed by atoms with van der Waals surface area (Å²) < 4.78 is 29.7. The van der Waals surface area contributed by atoms with Gasteiger partial charge in [0.25, 0.3) is 0 Å². The summed E-state index contributed by atoms with van der Waals surface area (Å²) in [5.41, 5.74) is 1.15. The average molecular weight is 288 g/mol. The summed E-state index contributed by atoms with van der Waals surface area (Å²) in [6.45, 7) is 0. The summed E-state index contributed by atoms with van der Waals surface area (Å²) in [6, 6.07) is 12.0. The first-order chi connectivity index (χ1) is 10.2. The van der Waals surface area contributed by atoms with Crippen molar-refractivity contribution in [1.29, 1.82) is 0 Å². The van der Waals surface area contributed by atoms with Crippen molar-refractivity contribution in [2.45, 2.75) is 0 Å². The molecule has 0 N–H and O–H groups in total. The fourth-order valence-electron chi connectivity index (χ4n) is 1.89. The molecule has 0 saturated carbocycles. The van der Waals surface area contributed by atoms with Crippen LogP contribution in [0.25, 0.3) is 11.9 Å². The maximum atomic E-state index is 14.3. The van der Waals surface area contributed by atoms with Crippen molar-refractivity contribution in [1.82, 2.24) is 0 Å². The molecule has 0 fully saturated rings. The van der Waals surface area contributed by atoms with E-state index in [0.717, 1.165) is 0 Å². The molecule has 2 aromatic rings. The third-order valence-electron chi connectivity index (χ3n) is 3.03. The van der Waals surface area contributed by atoms with E-state index in [0.29, 0.717) is 28.4 Å². The van der Waals surface area contributed by atoms with Crippen LogP contribution in [0.15, 0.2) is 42.5 Å². The quantitative estimate of drug-likeness (QED) is 0.772. The molecule has 0 aliphatic rings. The zero-order valence-corrected chi connectivity index (χ0v) is 12.2. The van der Waals surface area contributed by atoms with E-state index < -0.39 is 0 Å². The van der Waals surface area contributed by atoms with Gasteiger partial charge in [-0.05, 0) is 48.0 Å². The van der Waals surface area contributed by atoms with E-state index in [1.165, 1.54) is 6.08 Å². The van der Waals surface area contributed by atoms with Crippen molar-refractivity contribution in [3.05, 3.63) is 53.6 Å². The van der Waals surface area contributed by atoms with Crippen LogP contribution in [-0.2, 0) is 0 Å². The normalized spacial score (nSPS) is 11.1. The highest BCUT2D eigenvalue weighted by atomic mass is 19.1. The van der Waals surface area contributed by atoms with Crippen molar-refractivity contribution < 1.29 is 18.6 Å². The minimum atomic E-state index is -0.340. The lowest BCUT2D eigenvalue weighted by Crippen LogP contribution is -1.88. The lowest BCUT2D eigenvalue weighted by molar-refractivity contribution is 0.394. The first-order valence-electron chi connectivity index (χ1n) is 6.41. The Morgan fingerprint density at radius 1 is 0.810 bits per heavy atom. The van der Waals surface area contributed by atoms with E-state index in [9.17, 15) is 4.39 Å². The Morgan fingerprint density at radius 3 is 1.81 bits per heavy atom. The van der Waals surface area contributed by atoms with E-state index in [1.807, 2.05) is 0 Å². The molecule has 0 saturated heterocycles. The van der Waals surface area contributed by atoms with Gasteiger partial charge in [-0.25, -0.2) is 4.39 Å². The fraction of sp³-hybridized carbons (Fsp3) is 0.176. The van der Waals surface area contributed by atoms with E-state index >= 15 is 0 Å². The second-order valence-electron chi connectivity index (χ2n) is 4.37. The molecule has 2 rings (SSSR count). The molecule has 0 atom stereocenters. The van der Waals surface area contributed by atoms with Gasteiger partial charge in [-0.2, -0.15) is 0 Å². The Morgan fingerprint density at radius 2 is 1.33 bits per heavy atom. The summed E-state index contributed by atoms with van der Waals surface area (Å²) in [5.74, 6) is 1.58. The second-order valence-corrected chi connectivity index (χ2v) is 4.37. The molecule has 0 aromatic heterocycles. The summed E-state index contributed by atoms with van der Waals surface area (Å²) in [5, 5.41) is 0. The van der Waals surface area contributed by atoms with E-state index in [1.54, 1.807) is 63.8 Å². The third-order valence-corrected chi connectivity index (χ3v) is 3.03. The van der Waals surface area contributed by atoms with Gasteiger partial charge < -0.3 is 14.2 Å². The zero-order chi connectivity index (χ0) is 15.2. The monoisotopic (exact) mass is 288 g/mol. The molecule has 2 aromatic carbocycles. The standard InChI is InChI=1S/C17H17FO3/c1-19-14-6-4-13(5-7-14)17(18)10-12-8-15(20-2)11-16(9-12)21-3/h4-11H,1-3H3/b17-10-. The number of halogens is 1. The number of hydrogen-bond acceptors (Lipinski definition) is 3. The molecule has 0 aliphatic carbocycles. The smallest absolute Gasteiger partial charge is 0.131 e. The van der Waals surface area contributed by atoms with Gasteiger partial charge in [-0.3, -0.25) is 0 Å². The van der Waals surface area contributed by atoms with Crippen molar-refractivity contribution >= 4 is 11.9 Å². The Kier molecular flexibility index (Phi) is 4.82. The van der Waals surface area contributed by atoms with Crippen LogP contribution >= 0.6 is 0 Å². The first-order valence-corrected chi connectivity index (χ1v) is 6.41. The van der Waals surface area contributed by atoms with Crippen LogP contribution in [0.4, 0.5) is 4.39 Å². The molecule has 110 valence electrons. The molecule has 21 heavy (non-hydrogen) atoms. The second kappa shape index (κ2) is 6.79. The molecule has 0 radical (unpaired) electrons. The van der Waals surface area contributed by atoms with E-state index in [4.69, 9.17) is 14.2 Å². The molecule has 0 heterocycles. The van der Waals surface area contributed by atoms with Crippen LogP contribution in [0.5, 0.6) is 17.2 Å². The highest BCUT2D eigenvalue weighted by molar-refractivity contribution is 5.77. The van der Waals surface area contributed by atoms with Crippen molar-refractivity contribution in [2.75, 3.05) is 21.3 Å². The molecule has 0 bridgehead atoms. The van der Waals surface area contributed by atoms with Gasteiger partial charge in [-0.15, -0.1) is 0 Å².